The Hall–Kier alpha value is -2.76. The summed E-state index contributed by atoms with van der Waals surface area (Å²) in [4.78, 5) is 28.6. The Kier molecular flexibility index (Phi) is 5.14. The largest absolute Gasteiger partial charge is 0.491 e. The van der Waals surface area contributed by atoms with Crippen LogP contribution in [0.15, 0.2) is 47.1 Å². The van der Waals surface area contributed by atoms with E-state index in [1.165, 1.54) is 6.26 Å². The summed E-state index contributed by atoms with van der Waals surface area (Å²) in [6.07, 6.45) is 5.56. The highest BCUT2D eigenvalue weighted by Crippen LogP contribution is 2.22. The van der Waals surface area contributed by atoms with E-state index in [4.69, 9.17) is 9.15 Å². The number of carbonyl (C=O) groups is 2. The SMILES string of the molecule is O=C(c1ccc(OC[C@@H]2CCCN2C(=O)c2ccco2)cc1)N1CCCC1. The molecule has 0 N–H and O–H groups in total. The summed E-state index contributed by atoms with van der Waals surface area (Å²) in [5.74, 6) is 1.08. The zero-order chi connectivity index (χ0) is 18.6. The van der Waals surface area contributed by atoms with Gasteiger partial charge in [0.25, 0.3) is 11.8 Å². The van der Waals surface area contributed by atoms with Crippen molar-refractivity contribution in [2.45, 2.75) is 31.7 Å². The third kappa shape index (κ3) is 3.84. The molecule has 2 fully saturated rings. The minimum Gasteiger partial charge on any atom is -0.491 e. The van der Waals surface area contributed by atoms with E-state index in [9.17, 15) is 9.59 Å². The van der Waals surface area contributed by atoms with E-state index >= 15 is 0 Å². The third-order valence-electron chi connectivity index (χ3n) is 5.31. The lowest BCUT2D eigenvalue weighted by Crippen LogP contribution is -2.38. The normalized spacial score (nSPS) is 19.5. The number of likely N-dealkylation sites (tertiary alicyclic amines) is 2. The van der Waals surface area contributed by atoms with E-state index in [1.807, 2.05) is 34.1 Å². The smallest absolute Gasteiger partial charge is 0.289 e. The van der Waals surface area contributed by atoms with E-state index in [-0.39, 0.29) is 17.9 Å². The van der Waals surface area contributed by atoms with Crippen molar-refractivity contribution >= 4 is 11.8 Å². The van der Waals surface area contributed by atoms with Gasteiger partial charge in [-0.15, -0.1) is 0 Å². The first kappa shape index (κ1) is 17.6. The van der Waals surface area contributed by atoms with Gasteiger partial charge in [-0.05, 0) is 62.1 Å². The lowest BCUT2D eigenvalue weighted by Gasteiger charge is -2.24. The van der Waals surface area contributed by atoms with Gasteiger partial charge in [0.15, 0.2) is 5.76 Å². The van der Waals surface area contributed by atoms with Gasteiger partial charge in [-0.2, -0.15) is 0 Å². The zero-order valence-electron chi connectivity index (χ0n) is 15.3. The third-order valence-corrected chi connectivity index (χ3v) is 5.31. The van der Waals surface area contributed by atoms with Crippen LogP contribution in [0.4, 0.5) is 0 Å². The molecule has 0 unspecified atom stereocenters. The summed E-state index contributed by atoms with van der Waals surface area (Å²) in [6.45, 7) is 2.85. The number of rotatable bonds is 5. The molecule has 2 amide bonds. The second-order valence-electron chi connectivity index (χ2n) is 7.11. The topological polar surface area (TPSA) is 63.0 Å². The van der Waals surface area contributed by atoms with Crippen LogP contribution >= 0.6 is 0 Å². The van der Waals surface area contributed by atoms with Gasteiger partial charge in [0.1, 0.15) is 12.4 Å². The van der Waals surface area contributed by atoms with Crippen LogP contribution in [-0.2, 0) is 0 Å². The summed E-state index contributed by atoms with van der Waals surface area (Å²) < 4.78 is 11.1. The van der Waals surface area contributed by atoms with E-state index in [1.54, 1.807) is 12.1 Å². The standard InChI is InChI=1S/C21H24N2O4/c24-20(22-11-1-2-12-22)16-7-9-18(10-8-16)27-15-17-5-3-13-23(17)21(25)19-6-4-14-26-19/h4,6-10,14,17H,1-3,5,11-13,15H2/t17-/m0/s1. The van der Waals surface area contributed by atoms with Crippen LogP contribution in [0.5, 0.6) is 5.75 Å². The quantitative estimate of drug-likeness (QED) is 0.813. The Morgan fingerprint density at radius 1 is 1.00 bits per heavy atom. The van der Waals surface area contributed by atoms with E-state index in [0.29, 0.717) is 23.7 Å². The van der Waals surface area contributed by atoms with Crippen molar-refractivity contribution in [1.29, 1.82) is 0 Å². The molecule has 0 saturated carbocycles. The predicted molar refractivity (Wildman–Crippen MR) is 99.8 cm³/mol. The van der Waals surface area contributed by atoms with Gasteiger partial charge >= 0.3 is 0 Å². The highest BCUT2D eigenvalue weighted by atomic mass is 16.5. The Morgan fingerprint density at radius 3 is 2.48 bits per heavy atom. The van der Waals surface area contributed by atoms with Crippen molar-refractivity contribution in [1.82, 2.24) is 9.80 Å². The van der Waals surface area contributed by atoms with Crippen LogP contribution in [0.1, 0.15) is 46.6 Å². The van der Waals surface area contributed by atoms with E-state index in [2.05, 4.69) is 0 Å². The molecule has 0 radical (unpaired) electrons. The maximum Gasteiger partial charge on any atom is 0.289 e. The van der Waals surface area contributed by atoms with Crippen molar-refractivity contribution < 1.29 is 18.7 Å². The minimum atomic E-state index is -0.0855. The molecule has 6 heteroatoms. The number of benzene rings is 1. The Balaban J connectivity index is 1.34. The Bertz CT molecular complexity index is 779. The van der Waals surface area contributed by atoms with Gasteiger partial charge in [-0.1, -0.05) is 0 Å². The second kappa shape index (κ2) is 7.86. The molecular weight excluding hydrogens is 344 g/mol. The molecule has 1 aromatic heterocycles. The highest BCUT2D eigenvalue weighted by Gasteiger charge is 2.31. The van der Waals surface area contributed by atoms with Gasteiger partial charge in [-0.3, -0.25) is 9.59 Å². The predicted octanol–water partition coefficient (Wildman–Crippen LogP) is 3.20. The highest BCUT2D eigenvalue weighted by molar-refractivity contribution is 5.94. The first-order chi connectivity index (χ1) is 13.2. The van der Waals surface area contributed by atoms with E-state index in [0.717, 1.165) is 45.3 Å². The lowest BCUT2D eigenvalue weighted by atomic mass is 10.2. The molecule has 4 rings (SSSR count). The average Bonchev–Trinajstić information content (AvgIpc) is 3.48. The number of ether oxygens (including phenoxy) is 1. The molecule has 2 aromatic rings. The molecule has 2 aliphatic heterocycles. The van der Waals surface area contributed by atoms with Crippen LogP contribution < -0.4 is 4.74 Å². The summed E-state index contributed by atoms with van der Waals surface area (Å²) in [5, 5.41) is 0. The molecule has 6 nitrogen and oxygen atoms in total. The number of amides is 2. The first-order valence-electron chi connectivity index (χ1n) is 9.59. The lowest BCUT2D eigenvalue weighted by molar-refractivity contribution is 0.0659. The maximum atomic E-state index is 12.5. The van der Waals surface area contributed by atoms with Crippen molar-refractivity contribution in [3.63, 3.8) is 0 Å². The molecule has 27 heavy (non-hydrogen) atoms. The average molecular weight is 368 g/mol. The zero-order valence-corrected chi connectivity index (χ0v) is 15.3. The Labute approximate surface area is 158 Å². The van der Waals surface area contributed by atoms with Crippen LogP contribution in [0.25, 0.3) is 0 Å². The van der Waals surface area contributed by atoms with Crippen LogP contribution in [-0.4, -0.2) is 53.9 Å². The van der Waals surface area contributed by atoms with Gasteiger partial charge < -0.3 is 19.0 Å². The monoisotopic (exact) mass is 368 g/mol. The van der Waals surface area contributed by atoms with Crippen molar-refractivity contribution in [2.75, 3.05) is 26.2 Å². The van der Waals surface area contributed by atoms with Crippen LogP contribution in [0.3, 0.4) is 0 Å². The number of furan rings is 1. The summed E-state index contributed by atoms with van der Waals surface area (Å²) in [7, 11) is 0. The fraction of sp³-hybridized carbons (Fsp3) is 0.429. The van der Waals surface area contributed by atoms with Crippen molar-refractivity contribution in [3.8, 4) is 5.75 Å². The molecule has 0 bridgehead atoms. The van der Waals surface area contributed by atoms with E-state index < -0.39 is 0 Å². The van der Waals surface area contributed by atoms with Crippen LogP contribution in [0.2, 0.25) is 0 Å². The van der Waals surface area contributed by atoms with Gasteiger partial charge in [0, 0.05) is 25.2 Å². The Morgan fingerprint density at radius 2 is 1.78 bits per heavy atom. The molecular formula is C21H24N2O4. The molecule has 1 aromatic carbocycles. The fourth-order valence-corrected chi connectivity index (χ4v) is 3.81. The maximum absolute atomic E-state index is 12.5. The first-order valence-corrected chi connectivity index (χ1v) is 9.59. The molecule has 2 saturated heterocycles. The molecule has 1 atom stereocenters. The van der Waals surface area contributed by atoms with Crippen molar-refractivity contribution in [3.05, 3.63) is 54.0 Å². The second-order valence-corrected chi connectivity index (χ2v) is 7.11. The summed E-state index contributed by atoms with van der Waals surface area (Å²) in [6, 6.07) is 10.7. The minimum absolute atomic E-state index is 0.0357. The molecule has 3 heterocycles. The summed E-state index contributed by atoms with van der Waals surface area (Å²) >= 11 is 0. The van der Waals surface area contributed by atoms with Gasteiger partial charge in [0.05, 0.1) is 12.3 Å². The number of nitrogens with zero attached hydrogens (tertiary/aromatic N) is 2. The van der Waals surface area contributed by atoms with Gasteiger partial charge in [0.2, 0.25) is 0 Å². The molecule has 2 aliphatic rings. The van der Waals surface area contributed by atoms with Crippen LogP contribution in [0, 0.1) is 0 Å². The van der Waals surface area contributed by atoms with Crippen molar-refractivity contribution in [2.24, 2.45) is 0 Å². The number of carbonyl (C=O) groups excluding carboxylic acids is 2. The summed E-state index contributed by atoms with van der Waals surface area (Å²) in [5.41, 5.74) is 0.694. The molecule has 0 aliphatic carbocycles. The molecule has 142 valence electrons. The number of hydrogen-bond acceptors (Lipinski definition) is 4. The fourth-order valence-electron chi connectivity index (χ4n) is 3.81. The number of hydrogen-bond donors (Lipinski definition) is 0. The molecule has 0 spiro atoms. The van der Waals surface area contributed by atoms with Gasteiger partial charge in [-0.25, -0.2) is 0 Å².